The topological polar surface area (TPSA) is 86.8 Å². The zero-order valence-electron chi connectivity index (χ0n) is 23.7. The Morgan fingerprint density at radius 1 is 0.925 bits per heavy atom. The van der Waals surface area contributed by atoms with Gasteiger partial charge in [0.2, 0.25) is 11.8 Å². The Balaban J connectivity index is 2.04. The molecule has 3 aromatic carbocycles. The molecule has 3 rings (SSSR count). The molecule has 0 unspecified atom stereocenters. The van der Waals surface area contributed by atoms with Crippen LogP contribution in [-0.4, -0.2) is 44.3 Å². The monoisotopic (exact) mass is 567 g/mol. The maximum absolute atomic E-state index is 14.6. The predicted molar refractivity (Wildman–Crippen MR) is 156 cm³/mol. The molecule has 214 valence electrons. The van der Waals surface area contributed by atoms with Crippen LogP contribution in [-0.2, 0) is 26.2 Å². The van der Waals surface area contributed by atoms with Crippen molar-refractivity contribution in [2.24, 2.45) is 0 Å². The molecule has 0 saturated heterocycles. The SMILES string of the molecule is CCCNC(=O)[C@@H](C)N(Cc1ccccc1F)C(=O)CN(c1ccc(C(C)C)cc1)S(=O)(=O)c1ccc(C)cc1. The fourth-order valence-electron chi connectivity index (χ4n) is 4.18. The molecule has 9 heteroatoms. The van der Waals surface area contributed by atoms with Crippen molar-refractivity contribution in [1.29, 1.82) is 0 Å². The molecule has 0 spiro atoms. The van der Waals surface area contributed by atoms with E-state index >= 15 is 0 Å². The number of hydrogen-bond donors (Lipinski definition) is 1. The Hall–Kier alpha value is -3.72. The van der Waals surface area contributed by atoms with Gasteiger partial charge in [-0.3, -0.25) is 13.9 Å². The first kappa shape index (κ1) is 30.8. The van der Waals surface area contributed by atoms with E-state index in [-0.39, 0.29) is 22.9 Å². The summed E-state index contributed by atoms with van der Waals surface area (Å²) < 4.78 is 43.4. The molecule has 0 heterocycles. The molecular weight excluding hydrogens is 529 g/mol. The zero-order valence-corrected chi connectivity index (χ0v) is 24.5. The number of carbonyl (C=O) groups is 2. The Kier molecular flexibility index (Phi) is 10.5. The van der Waals surface area contributed by atoms with Gasteiger partial charge in [-0.15, -0.1) is 0 Å². The lowest BCUT2D eigenvalue weighted by atomic mass is 10.0. The third kappa shape index (κ3) is 7.47. The maximum atomic E-state index is 14.6. The average molecular weight is 568 g/mol. The summed E-state index contributed by atoms with van der Waals surface area (Å²) in [6, 6.07) is 18.4. The van der Waals surface area contributed by atoms with E-state index in [0.717, 1.165) is 15.4 Å². The van der Waals surface area contributed by atoms with Gasteiger partial charge >= 0.3 is 0 Å². The van der Waals surface area contributed by atoms with E-state index in [0.29, 0.717) is 18.7 Å². The minimum absolute atomic E-state index is 0.0354. The van der Waals surface area contributed by atoms with E-state index in [1.807, 2.05) is 39.8 Å². The quantitative estimate of drug-likeness (QED) is 0.318. The first-order valence-corrected chi connectivity index (χ1v) is 14.9. The van der Waals surface area contributed by atoms with Gasteiger partial charge in [0.05, 0.1) is 10.6 Å². The Morgan fingerprint density at radius 3 is 2.12 bits per heavy atom. The summed E-state index contributed by atoms with van der Waals surface area (Å²) in [5, 5.41) is 2.77. The smallest absolute Gasteiger partial charge is 0.264 e. The van der Waals surface area contributed by atoms with Crippen LogP contribution >= 0.6 is 0 Å². The molecule has 40 heavy (non-hydrogen) atoms. The van der Waals surface area contributed by atoms with Crippen LogP contribution in [0.1, 0.15) is 56.7 Å². The summed E-state index contributed by atoms with van der Waals surface area (Å²) in [5.41, 5.74) is 2.45. The molecule has 0 aliphatic rings. The number of carbonyl (C=O) groups excluding carboxylic acids is 2. The van der Waals surface area contributed by atoms with Crippen molar-refractivity contribution in [3.8, 4) is 0 Å². The number of rotatable bonds is 12. The highest BCUT2D eigenvalue weighted by atomic mass is 32.2. The molecule has 1 N–H and O–H groups in total. The summed E-state index contributed by atoms with van der Waals surface area (Å²) in [7, 11) is -4.16. The van der Waals surface area contributed by atoms with Gasteiger partial charge in [-0.2, -0.15) is 0 Å². The largest absolute Gasteiger partial charge is 0.354 e. The van der Waals surface area contributed by atoms with Gasteiger partial charge in [0, 0.05) is 18.7 Å². The number of aryl methyl sites for hydroxylation is 1. The molecule has 0 bridgehead atoms. The minimum Gasteiger partial charge on any atom is -0.354 e. The first-order valence-electron chi connectivity index (χ1n) is 13.5. The highest BCUT2D eigenvalue weighted by Gasteiger charge is 2.32. The van der Waals surface area contributed by atoms with Crippen molar-refractivity contribution < 1.29 is 22.4 Å². The van der Waals surface area contributed by atoms with E-state index in [1.54, 1.807) is 43.3 Å². The molecule has 0 radical (unpaired) electrons. The van der Waals surface area contributed by atoms with E-state index in [4.69, 9.17) is 0 Å². The molecule has 7 nitrogen and oxygen atoms in total. The number of amides is 2. The second-order valence-electron chi connectivity index (χ2n) is 10.2. The van der Waals surface area contributed by atoms with Crippen molar-refractivity contribution in [3.63, 3.8) is 0 Å². The number of anilines is 1. The fraction of sp³-hybridized carbons (Fsp3) is 0.355. The van der Waals surface area contributed by atoms with Gasteiger partial charge in [-0.25, -0.2) is 12.8 Å². The normalized spacial score (nSPS) is 12.2. The second kappa shape index (κ2) is 13.6. The lowest BCUT2D eigenvalue weighted by Gasteiger charge is -2.32. The summed E-state index contributed by atoms with van der Waals surface area (Å²) >= 11 is 0. The van der Waals surface area contributed by atoms with E-state index in [1.165, 1.54) is 29.2 Å². The van der Waals surface area contributed by atoms with E-state index < -0.39 is 40.2 Å². The highest BCUT2D eigenvalue weighted by Crippen LogP contribution is 2.27. The van der Waals surface area contributed by atoms with Crippen molar-refractivity contribution in [3.05, 3.63) is 95.3 Å². The fourth-order valence-corrected chi connectivity index (χ4v) is 5.59. The molecule has 0 fully saturated rings. The number of halogens is 1. The van der Waals surface area contributed by atoms with Crippen LogP contribution in [0.15, 0.2) is 77.7 Å². The first-order chi connectivity index (χ1) is 18.9. The molecule has 0 saturated carbocycles. The average Bonchev–Trinajstić information content (AvgIpc) is 2.93. The summed E-state index contributed by atoms with van der Waals surface area (Å²) in [4.78, 5) is 28.0. The van der Waals surface area contributed by atoms with Crippen LogP contribution in [0.25, 0.3) is 0 Å². The van der Waals surface area contributed by atoms with Crippen molar-refractivity contribution in [2.45, 2.75) is 64.4 Å². The van der Waals surface area contributed by atoms with Crippen molar-refractivity contribution in [1.82, 2.24) is 10.2 Å². The molecule has 0 aliphatic heterocycles. The van der Waals surface area contributed by atoms with Gasteiger partial charge in [-0.1, -0.05) is 68.8 Å². The Labute approximate surface area is 237 Å². The van der Waals surface area contributed by atoms with Crippen LogP contribution in [0.4, 0.5) is 10.1 Å². The van der Waals surface area contributed by atoms with Crippen molar-refractivity contribution in [2.75, 3.05) is 17.4 Å². The van der Waals surface area contributed by atoms with Gasteiger partial charge in [0.25, 0.3) is 10.0 Å². The third-order valence-electron chi connectivity index (χ3n) is 6.75. The molecule has 2 amide bonds. The highest BCUT2D eigenvalue weighted by molar-refractivity contribution is 7.92. The Morgan fingerprint density at radius 2 is 1.55 bits per heavy atom. The van der Waals surface area contributed by atoms with E-state index in [2.05, 4.69) is 5.32 Å². The van der Waals surface area contributed by atoms with Crippen molar-refractivity contribution >= 4 is 27.5 Å². The van der Waals surface area contributed by atoms with Crippen LogP contribution < -0.4 is 9.62 Å². The lowest BCUT2D eigenvalue weighted by molar-refractivity contribution is -0.139. The summed E-state index contributed by atoms with van der Waals surface area (Å²) in [6.45, 7) is 9.03. The summed E-state index contributed by atoms with van der Waals surface area (Å²) in [6.07, 6.45) is 0.703. The van der Waals surface area contributed by atoms with Gasteiger partial charge in [0.15, 0.2) is 0 Å². The van der Waals surface area contributed by atoms with Gasteiger partial charge in [0.1, 0.15) is 18.4 Å². The molecule has 1 atom stereocenters. The van der Waals surface area contributed by atoms with Gasteiger partial charge < -0.3 is 10.2 Å². The Bertz CT molecular complexity index is 1410. The minimum atomic E-state index is -4.16. The molecule has 3 aromatic rings. The number of benzene rings is 3. The van der Waals surface area contributed by atoms with Crippen LogP contribution in [0.2, 0.25) is 0 Å². The predicted octanol–water partition coefficient (Wildman–Crippen LogP) is 5.40. The van der Waals surface area contributed by atoms with Crippen LogP contribution in [0.5, 0.6) is 0 Å². The number of nitrogens with zero attached hydrogens (tertiary/aromatic N) is 2. The number of sulfonamides is 1. The van der Waals surface area contributed by atoms with E-state index in [9.17, 15) is 22.4 Å². The molecule has 0 aromatic heterocycles. The molecule has 0 aliphatic carbocycles. The lowest BCUT2D eigenvalue weighted by Crippen LogP contribution is -2.51. The zero-order chi connectivity index (χ0) is 29.4. The summed E-state index contributed by atoms with van der Waals surface area (Å²) in [5.74, 6) is -1.32. The van der Waals surface area contributed by atoms with Crippen LogP contribution in [0.3, 0.4) is 0 Å². The standard InChI is InChI=1S/C31H38FN3O4S/c1-6-19-33-31(37)24(5)34(20-26-9-7-8-10-29(26)32)30(36)21-35(27-15-13-25(14-16-27)22(2)3)40(38,39)28-17-11-23(4)12-18-28/h7-18,22,24H,6,19-21H2,1-5H3,(H,33,37)/t24-/m1/s1. The molecular formula is C31H38FN3O4S. The van der Waals surface area contributed by atoms with Crippen LogP contribution in [0, 0.1) is 12.7 Å². The maximum Gasteiger partial charge on any atom is 0.264 e. The second-order valence-corrected chi connectivity index (χ2v) is 12.0. The third-order valence-corrected chi connectivity index (χ3v) is 8.54. The number of hydrogen-bond acceptors (Lipinski definition) is 4. The van der Waals surface area contributed by atoms with Gasteiger partial charge in [-0.05, 0) is 62.1 Å². The number of nitrogens with one attached hydrogen (secondary N) is 1.